The van der Waals surface area contributed by atoms with Crippen LogP contribution in [0.15, 0.2) is 0 Å². The molecule has 2 heteroatoms. The Morgan fingerprint density at radius 3 is 2.30 bits per heavy atom. The molecule has 0 aromatic rings. The van der Waals surface area contributed by atoms with Crippen molar-refractivity contribution in [2.75, 3.05) is 5.33 Å². The lowest BCUT2D eigenvalue weighted by molar-refractivity contribution is 0.00202. The number of hydrogen-bond acceptors (Lipinski definition) is 1. The van der Waals surface area contributed by atoms with Crippen LogP contribution in [0.1, 0.15) is 38.5 Å². The second-order valence-electron chi connectivity index (χ2n) is 3.22. The van der Waals surface area contributed by atoms with Crippen molar-refractivity contribution in [3.8, 4) is 0 Å². The molecule has 60 valence electrons. The number of aliphatic hydroxyl groups is 1. The van der Waals surface area contributed by atoms with E-state index in [1.807, 2.05) is 0 Å². The molecule has 1 N–H and O–H groups in total. The third-order valence-electron chi connectivity index (χ3n) is 2.34. The van der Waals surface area contributed by atoms with Crippen molar-refractivity contribution in [1.82, 2.24) is 0 Å². The second kappa shape index (κ2) is 3.72. The first kappa shape index (κ1) is 8.54. The minimum atomic E-state index is -0.318. The SMILES string of the molecule is OC1(CCBr)CCCCC1. The molecular formula is C8H15BrO. The van der Waals surface area contributed by atoms with Gasteiger partial charge in [0.2, 0.25) is 0 Å². The molecule has 0 radical (unpaired) electrons. The molecule has 0 aromatic heterocycles. The molecule has 0 unspecified atom stereocenters. The monoisotopic (exact) mass is 206 g/mol. The van der Waals surface area contributed by atoms with Crippen molar-refractivity contribution in [1.29, 1.82) is 0 Å². The molecule has 0 aromatic carbocycles. The molecule has 1 aliphatic rings. The first-order chi connectivity index (χ1) is 4.77. The first-order valence-corrected chi connectivity index (χ1v) is 5.17. The summed E-state index contributed by atoms with van der Waals surface area (Å²) in [5.41, 5.74) is -0.318. The van der Waals surface area contributed by atoms with Crippen molar-refractivity contribution in [3.05, 3.63) is 0 Å². The zero-order valence-electron chi connectivity index (χ0n) is 6.27. The Hall–Kier alpha value is 0.440. The Morgan fingerprint density at radius 1 is 1.20 bits per heavy atom. The van der Waals surface area contributed by atoms with Crippen LogP contribution in [0.25, 0.3) is 0 Å². The number of halogens is 1. The highest BCUT2D eigenvalue weighted by molar-refractivity contribution is 9.09. The fraction of sp³-hybridized carbons (Fsp3) is 1.00. The lowest BCUT2D eigenvalue weighted by atomic mass is 9.83. The maximum atomic E-state index is 9.84. The molecule has 0 atom stereocenters. The van der Waals surface area contributed by atoms with Crippen LogP contribution >= 0.6 is 15.9 Å². The van der Waals surface area contributed by atoms with Crippen LogP contribution in [0, 0.1) is 0 Å². The Morgan fingerprint density at radius 2 is 1.80 bits per heavy atom. The van der Waals surface area contributed by atoms with Crippen LogP contribution < -0.4 is 0 Å². The van der Waals surface area contributed by atoms with E-state index in [1.165, 1.54) is 19.3 Å². The van der Waals surface area contributed by atoms with E-state index < -0.39 is 0 Å². The molecule has 1 rings (SSSR count). The standard InChI is InChI=1S/C8H15BrO/c9-7-6-8(10)4-2-1-3-5-8/h10H,1-7H2. The average molecular weight is 207 g/mol. The Balaban J connectivity index is 2.32. The highest BCUT2D eigenvalue weighted by atomic mass is 79.9. The Bertz CT molecular complexity index is 91.9. The highest BCUT2D eigenvalue weighted by Crippen LogP contribution is 2.30. The van der Waals surface area contributed by atoms with Crippen LogP contribution in [0.3, 0.4) is 0 Å². The van der Waals surface area contributed by atoms with Gasteiger partial charge in [-0.05, 0) is 19.3 Å². The smallest absolute Gasteiger partial charge is 0.0655 e. The van der Waals surface area contributed by atoms with E-state index in [0.717, 1.165) is 24.6 Å². The van der Waals surface area contributed by atoms with Crippen molar-refractivity contribution >= 4 is 15.9 Å². The summed E-state index contributed by atoms with van der Waals surface area (Å²) in [6, 6.07) is 0. The van der Waals surface area contributed by atoms with Gasteiger partial charge in [-0.25, -0.2) is 0 Å². The average Bonchev–Trinajstić information content (AvgIpc) is 1.89. The minimum Gasteiger partial charge on any atom is -0.390 e. The highest BCUT2D eigenvalue weighted by Gasteiger charge is 2.27. The number of hydrogen-bond donors (Lipinski definition) is 1. The summed E-state index contributed by atoms with van der Waals surface area (Å²) in [6.45, 7) is 0. The first-order valence-electron chi connectivity index (χ1n) is 4.05. The van der Waals surface area contributed by atoms with Gasteiger partial charge in [0.05, 0.1) is 5.60 Å². The van der Waals surface area contributed by atoms with Crippen molar-refractivity contribution in [2.45, 2.75) is 44.1 Å². The third-order valence-corrected chi connectivity index (χ3v) is 2.74. The predicted octanol–water partition coefficient (Wildman–Crippen LogP) is 2.47. The third kappa shape index (κ3) is 2.24. The van der Waals surface area contributed by atoms with Gasteiger partial charge in [-0.1, -0.05) is 35.2 Å². The van der Waals surface area contributed by atoms with E-state index in [-0.39, 0.29) is 5.60 Å². The van der Waals surface area contributed by atoms with Gasteiger partial charge in [-0.3, -0.25) is 0 Å². The van der Waals surface area contributed by atoms with Crippen LogP contribution in [-0.4, -0.2) is 16.0 Å². The van der Waals surface area contributed by atoms with E-state index in [9.17, 15) is 5.11 Å². The number of rotatable bonds is 2. The van der Waals surface area contributed by atoms with E-state index in [2.05, 4.69) is 15.9 Å². The normalized spacial score (nSPS) is 24.6. The van der Waals surface area contributed by atoms with Crippen LogP contribution in [0.2, 0.25) is 0 Å². The molecule has 0 amide bonds. The maximum absolute atomic E-state index is 9.84. The van der Waals surface area contributed by atoms with Crippen molar-refractivity contribution in [2.24, 2.45) is 0 Å². The van der Waals surface area contributed by atoms with E-state index >= 15 is 0 Å². The summed E-state index contributed by atoms with van der Waals surface area (Å²) >= 11 is 3.36. The van der Waals surface area contributed by atoms with E-state index in [1.54, 1.807) is 0 Å². The Kier molecular flexibility index (Phi) is 3.18. The molecule has 0 saturated heterocycles. The molecule has 0 aliphatic heterocycles. The maximum Gasteiger partial charge on any atom is 0.0655 e. The molecule has 10 heavy (non-hydrogen) atoms. The zero-order chi connectivity index (χ0) is 7.45. The van der Waals surface area contributed by atoms with Gasteiger partial charge >= 0.3 is 0 Å². The van der Waals surface area contributed by atoms with Crippen LogP contribution in [0.4, 0.5) is 0 Å². The molecule has 1 fully saturated rings. The zero-order valence-corrected chi connectivity index (χ0v) is 7.86. The van der Waals surface area contributed by atoms with Gasteiger partial charge in [-0.2, -0.15) is 0 Å². The fourth-order valence-electron chi connectivity index (χ4n) is 1.64. The summed E-state index contributed by atoms with van der Waals surface area (Å²) in [4.78, 5) is 0. The molecule has 0 bridgehead atoms. The van der Waals surface area contributed by atoms with Gasteiger partial charge in [0.15, 0.2) is 0 Å². The lowest BCUT2D eigenvalue weighted by Crippen LogP contribution is -2.31. The lowest BCUT2D eigenvalue weighted by Gasteiger charge is -2.31. The molecular weight excluding hydrogens is 192 g/mol. The summed E-state index contributed by atoms with van der Waals surface area (Å²) in [5.74, 6) is 0. The molecule has 1 nitrogen and oxygen atoms in total. The van der Waals surface area contributed by atoms with Crippen LogP contribution in [0.5, 0.6) is 0 Å². The Labute approximate surface area is 70.9 Å². The summed E-state index contributed by atoms with van der Waals surface area (Å²) in [5, 5.41) is 10.8. The minimum absolute atomic E-state index is 0.318. The van der Waals surface area contributed by atoms with Gasteiger partial charge < -0.3 is 5.11 Å². The predicted molar refractivity (Wildman–Crippen MR) is 46.4 cm³/mol. The van der Waals surface area contributed by atoms with Gasteiger partial charge in [0, 0.05) is 5.33 Å². The van der Waals surface area contributed by atoms with Gasteiger partial charge in [0.1, 0.15) is 0 Å². The van der Waals surface area contributed by atoms with Gasteiger partial charge in [0.25, 0.3) is 0 Å². The van der Waals surface area contributed by atoms with E-state index in [4.69, 9.17) is 0 Å². The number of alkyl halides is 1. The molecule has 1 aliphatic carbocycles. The van der Waals surface area contributed by atoms with Crippen molar-refractivity contribution in [3.63, 3.8) is 0 Å². The molecule has 1 saturated carbocycles. The van der Waals surface area contributed by atoms with Crippen LogP contribution in [-0.2, 0) is 0 Å². The fourth-order valence-corrected chi connectivity index (χ4v) is 2.37. The molecule has 0 heterocycles. The quantitative estimate of drug-likeness (QED) is 0.689. The second-order valence-corrected chi connectivity index (χ2v) is 4.02. The van der Waals surface area contributed by atoms with Gasteiger partial charge in [-0.15, -0.1) is 0 Å². The summed E-state index contributed by atoms with van der Waals surface area (Å²) < 4.78 is 0. The largest absolute Gasteiger partial charge is 0.390 e. The topological polar surface area (TPSA) is 20.2 Å². The molecule has 0 spiro atoms. The van der Waals surface area contributed by atoms with E-state index in [0.29, 0.717) is 0 Å². The summed E-state index contributed by atoms with van der Waals surface area (Å²) in [7, 11) is 0. The van der Waals surface area contributed by atoms with Crippen molar-refractivity contribution < 1.29 is 5.11 Å². The summed E-state index contributed by atoms with van der Waals surface area (Å²) in [6.07, 6.45) is 6.68.